The van der Waals surface area contributed by atoms with Crippen molar-refractivity contribution >= 4 is 5.78 Å². The second-order valence-electron chi connectivity index (χ2n) is 7.16. The molecule has 2 saturated carbocycles. The predicted octanol–water partition coefficient (Wildman–Crippen LogP) is 3.41. The number of allylic oxidation sites excluding steroid dienone is 1. The van der Waals surface area contributed by atoms with Gasteiger partial charge in [0.05, 0.1) is 6.10 Å². The van der Waals surface area contributed by atoms with Gasteiger partial charge in [-0.05, 0) is 37.7 Å². The molecule has 0 aliphatic heterocycles. The third-order valence-corrected chi connectivity index (χ3v) is 5.67. The molecule has 2 unspecified atom stereocenters. The molecular weight excluding hydrogens is 236 g/mol. The molecule has 2 fully saturated rings. The third kappa shape index (κ3) is 1.56. The van der Waals surface area contributed by atoms with Crippen LogP contribution in [0.25, 0.3) is 0 Å². The maximum Gasteiger partial charge on any atom is 0.164 e. The van der Waals surface area contributed by atoms with Crippen molar-refractivity contribution in [1.82, 2.24) is 0 Å². The van der Waals surface area contributed by atoms with Crippen molar-refractivity contribution in [2.24, 2.45) is 16.7 Å². The fourth-order valence-electron chi connectivity index (χ4n) is 4.24. The smallest absolute Gasteiger partial charge is 0.164 e. The second kappa shape index (κ2) is 3.82. The molecule has 2 nitrogen and oxygen atoms in total. The molecule has 3 aliphatic carbocycles. The molecule has 2 atom stereocenters. The molecule has 2 heteroatoms. The van der Waals surface area contributed by atoms with Gasteiger partial charge in [-0.1, -0.05) is 32.9 Å². The molecule has 0 saturated heterocycles. The Balaban J connectivity index is 2.18. The molecular formula is C17H24O2. The zero-order valence-corrected chi connectivity index (χ0v) is 12.3. The van der Waals surface area contributed by atoms with E-state index in [0.29, 0.717) is 0 Å². The van der Waals surface area contributed by atoms with Crippen molar-refractivity contribution in [3.05, 3.63) is 23.3 Å². The molecule has 104 valence electrons. The molecule has 0 aromatic heterocycles. The topological polar surface area (TPSA) is 37.3 Å². The maximum absolute atomic E-state index is 12.8. The Morgan fingerprint density at radius 3 is 2.47 bits per heavy atom. The molecule has 3 aliphatic rings. The van der Waals surface area contributed by atoms with E-state index < -0.39 is 6.10 Å². The zero-order chi connectivity index (χ0) is 14.0. The Morgan fingerprint density at radius 1 is 1.32 bits per heavy atom. The van der Waals surface area contributed by atoms with E-state index in [2.05, 4.69) is 13.5 Å². The summed E-state index contributed by atoms with van der Waals surface area (Å²) in [5.74, 6) is 0.285. The van der Waals surface area contributed by atoms with Crippen molar-refractivity contribution in [2.45, 2.75) is 59.0 Å². The molecule has 0 aromatic carbocycles. The van der Waals surface area contributed by atoms with Gasteiger partial charge in [-0.25, -0.2) is 0 Å². The summed E-state index contributed by atoms with van der Waals surface area (Å²) in [6.45, 7) is 10.4. The summed E-state index contributed by atoms with van der Waals surface area (Å²) in [5.41, 5.74) is 2.96. The minimum atomic E-state index is -0.507. The Kier molecular flexibility index (Phi) is 2.63. The molecule has 1 spiro atoms. The van der Waals surface area contributed by atoms with Gasteiger partial charge in [0.25, 0.3) is 0 Å². The number of carbonyl (C=O) groups is 1. The van der Waals surface area contributed by atoms with Gasteiger partial charge in [0.1, 0.15) is 0 Å². The largest absolute Gasteiger partial charge is 0.388 e. The lowest BCUT2D eigenvalue weighted by atomic mass is 9.59. The van der Waals surface area contributed by atoms with Gasteiger partial charge in [-0.2, -0.15) is 0 Å². The zero-order valence-electron chi connectivity index (χ0n) is 12.3. The SMILES string of the molecule is C=C1C(O)C2CCC(C)(C)C(=O)C2=C(CC)C12CC2. The van der Waals surface area contributed by atoms with Gasteiger partial charge >= 0.3 is 0 Å². The minimum Gasteiger partial charge on any atom is -0.388 e. The summed E-state index contributed by atoms with van der Waals surface area (Å²) in [7, 11) is 0. The number of aliphatic hydroxyl groups excluding tert-OH is 1. The van der Waals surface area contributed by atoms with Crippen LogP contribution < -0.4 is 0 Å². The van der Waals surface area contributed by atoms with E-state index >= 15 is 0 Å². The van der Waals surface area contributed by atoms with Gasteiger partial charge in [-0.3, -0.25) is 4.79 Å². The molecule has 0 radical (unpaired) electrons. The Labute approximate surface area is 115 Å². The number of Topliss-reactive ketones (excluding diaryl/α,β-unsaturated/α-hetero) is 1. The van der Waals surface area contributed by atoms with Crippen molar-refractivity contribution in [2.75, 3.05) is 0 Å². The Bertz CT molecular complexity index is 491. The van der Waals surface area contributed by atoms with Crippen molar-refractivity contribution in [3.8, 4) is 0 Å². The highest BCUT2D eigenvalue weighted by atomic mass is 16.3. The first-order valence-electron chi connectivity index (χ1n) is 7.51. The first-order chi connectivity index (χ1) is 8.85. The van der Waals surface area contributed by atoms with Crippen LogP contribution in [-0.2, 0) is 4.79 Å². The highest BCUT2D eigenvalue weighted by Gasteiger charge is 2.58. The number of carbonyl (C=O) groups excluding carboxylic acids is 1. The molecule has 0 amide bonds. The Hall–Kier alpha value is -0.890. The Morgan fingerprint density at radius 2 is 1.95 bits per heavy atom. The lowest BCUT2D eigenvalue weighted by Crippen LogP contribution is -2.45. The van der Waals surface area contributed by atoms with Gasteiger partial charge in [0.15, 0.2) is 5.78 Å². The average molecular weight is 260 g/mol. The highest BCUT2D eigenvalue weighted by Crippen LogP contribution is 2.65. The van der Waals surface area contributed by atoms with Crippen LogP contribution in [0.1, 0.15) is 52.9 Å². The molecule has 1 N–H and O–H groups in total. The van der Waals surface area contributed by atoms with E-state index in [-0.39, 0.29) is 22.5 Å². The number of aliphatic hydroxyl groups is 1. The fourth-order valence-corrected chi connectivity index (χ4v) is 4.24. The lowest BCUT2D eigenvalue weighted by Gasteiger charge is -2.45. The standard InChI is InChI=1S/C17H24O2/c1-5-12-13-11(6-7-16(3,4)15(13)19)14(18)10(2)17(12)8-9-17/h11,14,18H,2,5-9H2,1,3-4H3. The number of hydrogen-bond donors (Lipinski definition) is 1. The summed E-state index contributed by atoms with van der Waals surface area (Å²) in [4.78, 5) is 12.8. The molecule has 0 aromatic rings. The van der Waals surface area contributed by atoms with Crippen LogP contribution >= 0.6 is 0 Å². The second-order valence-corrected chi connectivity index (χ2v) is 7.16. The van der Waals surface area contributed by atoms with Gasteiger partial charge in [-0.15, -0.1) is 0 Å². The third-order valence-electron chi connectivity index (χ3n) is 5.67. The van der Waals surface area contributed by atoms with Crippen LogP contribution in [-0.4, -0.2) is 17.0 Å². The monoisotopic (exact) mass is 260 g/mol. The normalized spacial score (nSPS) is 35.6. The molecule has 0 bridgehead atoms. The van der Waals surface area contributed by atoms with E-state index in [0.717, 1.165) is 43.3 Å². The first kappa shape index (κ1) is 13.1. The lowest BCUT2D eigenvalue weighted by molar-refractivity contribution is -0.127. The van der Waals surface area contributed by atoms with E-state index in [1.165, 1.54) is 5.57 Å². The summed E-state index contributed by atoms with van der Waals surface area (Å²) in [6, 6.07) is 0. The van der Waals surface area contributed by atoms with Crippen LogP contribution in [0.15, 0.2) is 23.3 Å². The summed E-state index contributed by atoms with van der Waals surface area (Å²) >= 11 is 0. The van der Waals surface area contributed by atoms with Crippen LogP contribution in [0.3, 0.4) is 0 Å². The number of fused-ring (bicyclic) bond motifs is 1. The van der Waals surface area contributed by atoms with Crippen LogP contribution in [0.4, 0.5) is 0 Å². The first-order valence-corrected chi connectivity index (χ1v) is 7.51. The number of rotatable bonds is 1. The summed E-state index contributed by atoms with van der Waals surface area (Å²) in [5, 5.41) is 10.6. The van der Waals surface area contributed by atoms with E-state index in [1.807, 2.05) is 13.8 Å². The fraction of sp³-hybridized carbons (Fsp3) is 0.706. The van der Waals surface area contributed by atoms with Crippen LogP contribution in [0.2, 0.25) is 0 Å². The van der Waals surface area contributed by atoms with Gasteiger partial charge in [0.2, 0.25) is 0 Å². The summed E-state index contributed by atoms with van der Waals surface area (Å²) < 4.78 is 0. The molecule has 19 heavy (non-hydrogen) atoms. The van der Waals surface area contributed by atoms with E-state index in [4.69, 9.17) is 0 Å². The maximum atomic E-state index is 12.8. The molecule has 0 heterocycles. The molecule has 3 rings (SSSR count). The van der Waals surface area contributed by atoms with Crippen LogP contribution in [0.5, 0.6) is 0 Å². The highest BCUT2D eigenvalue weighted by molar-refractivity contribution is 6.02. The quantitative estimate of drug-likeness (QED) is 0.734. The average Bonchev–Trinajstić information content (AvgIpc) is 3.14. The predicted molar refractivity (Wildman–Crippen MR) is 75.6 cm³/mol. The summed E-state index contributed by atoms with van der Waals surface area (Å²) in [6.07, 6.45) is 4.32. The van der Waals surface area contributed by atoms with Crippen molar-refractivity contribution in [1.29, 1.82) is 0 Å². The minimum absolute atomic E-state index is 0.00852. The van der Waals surface area contributed by atoms with Gasteiger partial charge < -0.3 is 5.11 Å². The number of ketones is 1. The van der Waals surface area contributed by atoms with E-state index in [1.54, 1.807) is 0 Å². The van der Waals surface area contributed by atoms with Crippen molar-refractivity contribution < 1.29 is 9.90 Å². The van der Waals surface area contributed by atoms with Crippen molar-refractivity contribution in [3.63, 3.8) is 0 Å². The van der Waals surface area contributed by atoms with Gasteiger partial charge in [0, 0.05) is 22.3 Å². The van der Waals surface area contributed by atoms with E-state index in [9.17, 15) is 9.90 Å². The number of hydrogen-bond acceptors (Lipinski definition) is 2. The van der Waals surface area contributed by atoms with Crippen LogP contribution in [0, 0.1) is 16.7 Å².